The summed E-state index contributed by atoms with van der Waals surface area (Å²) in [6, 6.07) is 11.5. The summed E-state index contributed by atoms with van der Waals surface area (Å²) in [5, 5.41) is 3.73. The largest absolute Gasteiger partial charge is 0.379 e. The molecule has 1 aromatic heterocycles. The van der Waals surface area contributed by atoms with Crippen LogP contribution in [0.25, 0.3) is 0 Å². The third-order valence-corrected chi connectivity index (χ3v) is 8.44. The van der Waals surface area contributed by atoms with Gasteiger partial charge in [-0.05, 0) is 35.1 Å². The van der Waals surface area contributed by atoms with Gasteiger partial charge in [0, 0.05) is 19.3 Å². The third-order valence-electron chi connectivity index (χ3n) is 5.61. The number of amides is 1. The number of ether oxygens (including phenoxy) is 1. The van der Waals surface area contributed by atoms with Crippen molar-refractivity contribution in [2.24, 2.45) is 5.92 Å². The van der Waals surface area contributed by atoms with Gasteiger partial charge in [0.2, 0.25) is 15.9 Å². The molecule has 1 unspecified atom stereocenters. The molecule has 0 radical (unpaired) electrons. The van der Waals surface area contributed by atoms with E-state index in [0.717, 1.165) is 5.56 Å². The summed E-state index contributed by atoms with van der Waals surface area (Å²) < 4.78 is 32.0. The van der Waals surface area contributed by atoms with Crippen molar-refractivity contribution in [2.45, 2.75) is 49.6 Å². The summed E-state index contributed by atoms with van der Waals surface area (Å²) in [6.07, 6.45) is 1.36. The fourth-order valence-electron chi connectivity index (χ4n) is 3.62. The Kier molecular flexibility index (Phi) is 8.92. The van der Waals surface area contributed by atoms with Gasteiger partial charge in [0.15, 0.2) is 0 Å². The Bertz CT molecular complexity index is 1020. The van der Waals surface area contributed by atoms with Gasteiger partial charge in [-0.15, -0.1) is 0 Å². The first-order valence-electron chi connectivity index (χ1n) is 11.2. The molecule has 2 heterocycles. The standard InChI is InChI=1S/C24H33N3O4S2/c1-17(2)19-5-7-20(8-6-19)24(18(3)4)26-22(28)16-32-23-10-9-21(15-25-23)33(29,30)27-11-13-31-14-12-27/h5-10,15,17-18,24H,11-14,16H2,1-4H3,(H,26,28). The van der Waals surface area contributed by atoms with E-state index >= 15 is 0 Å². The van der Waals surface area contributed by atoms with Crippen LogP contribution in [-0.4, -0.2) is 55.7 Å². The molecule has 1 aromatic carbocycles. The highest BCUT2D eigenvalue weighted by Crippen LogP contribution is 2.25. The zero-order chi connectivity index (χ0) is 24.0. The first kappa shape index (κ1) is 25.7. The van der Waals surface area contributed by atoms with Gasteiger partial charge in [0.05, 0.1) is 30.0 Å². The Labute approximate surface area is 201 Å². The number of aromatic nitrogens is 1. The Morgan fingerprint density at radius 2 is 1.70 bits per heavy atom. The molecule has 1 fully saturated rings. The highest BCUT2D eigenvalue weighted by atomic mass is 32.2. The van der Waals surface area contributed by atoms with Crippen molar-refractivity contribution in [3.63, 3.8) is 0 Å². The summed E-state index contributed by atoms with van der Waals surface area (Å²) in [5.41, 5.74) is 2.36. The summed E-state index contributed by atoms with van der Waals surface area (Å²) in [4.78, 5) is 17.1. The van der Waals surface area contributed by atoms with Crippen molar-refractivity contribution in [1.29, 1.82) is 0 Å². The minimum atomic E-state index is -3.57. The van der Waals surface area contributed by atoms with Crippen molar-refractivity contribution in [3.05, 3.63) is 53.7 Å². The highest BCUT2D eigenvalue weighted by Gasteiger charge is 2.26. The lowest BCUT2D eigenvalue weighted by Crippen LogP contribution is -2.40. The molecule has 0 aliphatic carbocycles. The van der Waals surface area contributed by atoms with E-state index in [1.54, 1.807) is 12.1 Å². The van der Waals surface area contributed by atoms with Crippen molar-refractivity contribution < 1.29 is 17.9 Å². The van der Waals surface area contributed by atoms with Crippen LogP contribution in [0.2, 0.25) is 0 Å². The number of sulfonamides is 1. The van der Waals surface area contributed by atoms with Gasteiger partial charge < -0.3 is 10.1 Å². The number of carbonyl (C=O) groups excluding carboxylic acids is 1. The van der Waals surface area contributed by atoms with Gasteiger partial charge in [-0.2, -0.15) is 4.31 Å². The van der Waals surface area contributed by atoms with Gasteiger partial charge in [0.25, 0.3) is 0 Å². The lowest BCUT2D eigenvalue weighted by molar-refractivity contribution is -0.119. The van der Waals surface area contributed by atoms with E-state index in [2.05, 4.69) is 62.3 Å². The van der Waals surface area contributed by atoms with Crippen molar-refractivity contribution in [3.8, 4) is 0 Å². The number of carbonyl (C=O) groups is 1. The monoisotopic (exact) mass is 491 g/mol. The fraction of sp³-hybridized carbons (Fsp3) is 0.500. The summed E-state index contributed by atoms with van der Waals surface area (Å²) in [5.74, 6) is 0.825. The van der Waals surface area contributed by atoms with E-state index in [4.69, 9.17) is 4.74 Å². The van der Waals surface area contributed by atoms with Crippen LogP contribution in [0.3, 0.4) is 0 Å². The molecule has 180 valence electrons. The van der Waals surface area contributed by atoms with Crippen LogP contribution < -0.4 is 5.32 Å². The third kappa shape index (κ3) is 6.79. The fourth-order valence-corrected chi connectivity index (χ4v) is 5.63. The molecule has 0 saturated carbocycles. The Hall–Kier alpha value is -1.94. The molecular formula is C24H33N3O4S2. The van der Waals surface area contributed by atoms with Crippen LogP contribution in [0.5, 0.6) is 0 Å². The number of hydrogen-bond acceptors (Lipinski definition) is 6. The maximum atomic E-state index is 12.7. The van der Waals surface area contributed by atoms with E-state index in [-0.39, 0.29) is 28.5 Å². The lowest BCUT2D eigenvalue weighted by Gasteiger charge is -2.25. The molecule has 9 heteroatoms. The molecule has 3 rings (SSSR count). The van der Waals surface area contributed by atoms with Crippen LogP contribution in [0.4, 0.5) is 0 Å². The quantitative estimate of drug-likeness (QED) is 0.537. The van der Waals surface area contributed by atoms with E-state index in [0.29, 0.717) is 37.2 Å². The maximum Gasteiger partial charge on any atom is 0.244 e. The Morgan fingerprint density at radius 1 is 1.06 bits per heavy atom. The molecule has 1 N–H and O–H groups in total. The normalized spacial score (nSPS) is 16.2. The van der Waals surface area contributed by atoms with Gasteiger partial charge in [-0.25, -0.2) is 13.4 Å². The molecule has 0 spiro atoms. The summed E-state index contributed by atoms with van der Waals surface area (Å²) >= 11 is 1.29. The number of pyridine rings is 1. The maximum absolute atomic E-state index is 12.7. The predicted molar refractivity (Wildman–Crippen MR) is 131 cm³/mol. The molecule has 1 saturated heterocycles. The SMILES string of the molecule is CC(C)c1ccc(C(NC(=O)CSc2ccc(S(=O)(=O)N3CCOCC3)cn2)C(C)C)cc1. The average Bonchev–Trinajstić information content (AvgIpc) is 2.82. The first-order valence-corrected chi connectivity index (χ1v) is 13.7. The number of nitrogens with one attached hydrogen (secondary N) is 1. The molecule has 7 nitrogen and oxygen atoms in total. The predicted octanol–water partition coefficient (Wildman–Crippen LogP) is 3.83. The number of benzene rings is 1. The topological polar surface area (TPSA) is 88.6 Å². The van der Waals surface area contributed by atoms with Gasteiger partial charge in [-0.3, -0.25) is 4.79 Å². The van der Waals surface area contributed by atoms with Crippen LogP contribution in [-0.2, 0) is 19.6 Å². The molecule has 1 amide bonds. The number of thioether (sulfide) groups is 1. The van der Waals surface area contributed by atoms with Crippen LogP contribution in [0.1, 0.15) is 50.8 Å². The van der Waals surface area contributed by atoms with Gasteiger partial charge in [-0.1, -0.05) is 63.7 Å². The second-order valence-corrected chi connectivity index (χ2v) is 11.7. The van der Waals surface area contributed by atoms with E-state index < -0.39 is 10.0 Å². The van der Waals surface area contributed by atoms with E-state index in [9.17, 15) is 13.2 Å². The number of morpholine rings is 1. The minimum Gasteiger partial charge on any atom is -0.379 e. The van der Waals surface area contributed by atoms with Crippen molar-refractivity contribution >= 4 is 27.7 Å². The zero-order valence-corrected chi connectivity index (χ0v) is 21.3. The zero-order valence-electron chi connectivity index (χ0n) is 19.7. The molecule has 2 aromatic rings. The van der Waals surface area contributed by atoms with E-state index in [1.165, 1.54) is 27.8 Å². The van der Waals surface area contributed by atoms with E-state index in [1.807, 2.05) is 0 Å². The van der Waals surface area contributed by atoms with Crippen molar-refractivity contribution in [2.75, 3.05) is 32.1 Å². The lowest BCUT2D eigenvalue weighted by atomic mass is 9.93. The number of nitrogens with zero attached hydrogens (tertiary/aromatic N) is 2. The van der Waals surface area contributed by atoms with Crippen LogP contribution in [0.15, 0.2) is 52.5 Å². The molecule has 1 aliphatic rings. The van der Waals surface area contributed by atoms with Gasteiger partial charge in [0.1, 0.15) is 4.90 Å². The second kappa shape index (κ2) is 11.5. The second-order valence-electron chi connectivity index (χ2n) is 8.75. The Morgan fingerprint density at radius 3 is 2.24 bits per heavy atom. The van der Waals surface area contributed by atoms with Crippen LogP contribution >= 0.6 is 11.8 Å². The van der Waals surface area contributed by atoms with Crippen molar-refractivity contribution in [1.82, 2.24) is 14.6 Å². The number of hydrogen-bond donors (Lipinski definition) is 1. The average molecular weight is 492 g/mol. The molecule has 0 bridgehead atoms. The first-order chi connectivity index (χ1) is 15.7. The highest BCUT2D eigenvalue weighted by molar-refractivity contribution is 7.99. The molecule has 1 atom stereocenters. The molecule has 33 heavy (non-hydrogen) atoms. The smallest absolute Gasteiger partial charge is 0.244 e. The minimum absolute atomic E-state index is 0.0756. The molecule has 1 aliphatic heterocycles. The summed E-state index contributed by atoms with van der Waals surface area (Å²) in [6.45, 7) is 9.97. The number of rotatable bonds is 9. The van der Waals surface area contributed by atoms with Gasteiger partial charge >= 0.3 is 0 Å². The summed E-state index contributed by atoms with van der Waals surface area (Å²) in [7, 11) is -3.57. The Balaban J connectivity index is 1.58. The molecular weight excluding hydrogens is 458 g/mol. The van der Waals surface area contributed by atoms with Crippen LogP contribution in [0, 0.1) is 5.92 Å².